The Hall–Kier alpha value is -2.34. The summed E-state index contributed by atoms with van der Waals surface area (Å²) in [5.74, 6) is -1.83. The van der Waals surface area contributed by atoms with Crippen LogP contribution in [0, 0.1) is 0 Å². The van der Waals surface area contributed by atoms with Crippen LogP contribution in [-0.4, -0.2) is 60.2 Å². The van der Waals surface area contributed by atoms with Gasteiger partial charge in [0.2, 0.25) is 11.7 Å². The summed E-state index contributed by atoms with van der Waals surface area (Å²) < 4.78 is 8.00. The van der Waals surface area contributed by atoms with Crippen LogP contribution >= 0.6 is 0 Å². The van der Waals surface area contributed by atoms with Crippen LogP contribution in [0.4, 0.5) is 0 Å². The first-order valence-electron chi connectivity index (χ1n) is 6.67. The molecule has 0 spiro atoms. The number of aromatic nitrogens is 4. The average Bonchev–Trinajstić information content (AvgIpc) is 2.98. The molecule has 0 saturated carbocycles. The number of aliphatic carboxylic acids is 1. The number of aryl methyl sites for hydroxylation is 1. The predicted octanol–water partition coefficient (Wildman–Crippen LogP) is -4.72. The van der Waals surface area contributed by atoms with E-state index in [2.05, 4.69) is 9.97 Å². The summed E-state index contributed by atoms with van der Waals surface area (Å²) in [7, 11) is 1.57. The van der Waals surface area contributed by atoms with Crippen molar-refractivity contribution in [2.24, 2.45) is 7.05 Å². The lowest BCUT2D eigenvalue weighted by Crippen LogP contribution is -2.48. The molecule has 1 aliphatic rings. The highest BCUT2D eigenvalue weighted by Crippen LogP contribution is 2.28. The molecule has 3 heterocycles. The Kier molecular flexibility index (Phi) is 3.64. The minimum Gasteiger partial charge on any atom is -0.547 e. The van der Waals surface area contributed by atoms with Crippen molar-refractivity contribution in [1.82, 2.24) is 14.5 Å². The number of carboxylic acid groups (broad SMARTS) is 1. The van der Waals surface area contributed by atoms with Crippen molar-refractivity contribution < 1.29 is 34.5 Å². The number of hydrogen-bond donors (Lipinski definition) is 4. The number of fused-ring (bicyclic) bond motifs is 1. The van der Waals surface area contributed by atoms with Crippen molar-refractivity contribution in [2.45, 2.75) is 30.6 Å². The fourth-order valence-corrected chi connectivity index (χ4v) is 2.69. The van der Waals surface area contributed by atoms with Gasteiger partial charge < -0.3 is 30.0 Å². The van der Waals surface area contributed by atoms with Crippen molar-refractivity contribution >= 4 is 17.1 Å². The average molecular weight is 326 g/mol. The van der Waals surface area contributed by atoms with Crippen LogP contribution < -0.4 is 15.2 Å². The van der Waals surface area contributed by atoms with E-state index >= 15 is 0 Å². The van der Waals surface area contributed by atoms with Crippen molar-refractivity contribution in [1.29, 1.82) is 0 Å². The Morgan fingerprint density at radius 3 is 2.87 bits per heavy atom. The molecule has 1 fully saturated rings. The topological polar surface area (TPSA) is 165 Å². The summed E-state index contributed by atoms with van der Waals surface area (Å²) in [5, 5.41) is 40.3. The van der Waals surface area contributed by atoms with E-state index in [1.807, 2.05) is 0 Å². The zero-order valence-corrected chi connectivity index (χ0v) is 11.9. The molecule has 23 heavy (non-hydrogen) atoms. The summed E-state index contributed by atoms with van der Waals surface area (Å²) in [6.45, 7) is 0. The molecule has 4 N–H and O–H groups in total. The lowest BCUT2D eigenvalue weighted by atomic mass is 10.1. The van der Waals surface area contributed by atoms with E-state index < -0.39 is 42.2 Å². The Morgan fingerprint density at radius 2 is 2.22 bits per heavy atom. The second-order valence-corrected chi connectivity index (χ2v) is 5.27. The van der Waals surface area contributed by atoms with Gasteiger partial charge in [-0.2, -0.15) is 0 Å². The number of carboxylic acids is 1. The zero-order valence-electron chi connectivity index (χ0n) is 11.9. The third-order valence-corrected chi connectivity index (χ3v) is 3.81. The third-order valence-electron chi connectivity index (χ3n) is 3.81. The number of aromatic amines is 1. The molecule has 3 rings (SSSR count). The van der Waals surface area contributed by atoms with Crippen LogP contribution in [0.1, 0.15) is 6.23 Å². The smallest absolute Gasteiger partial charge is 0.311 e. The molecule has 0 amide bonds. The number of nitrogens with one attached hydrogen (secondary N) is 1. The van der Waals surface area contributed by atoms with Crippen LogP contribution in [0.5, 0.6) is 0 Å². The molecule has 11 nitrogen and oxygen atoms in total. The van der Waals surface area contributed by atoms with E-state index in [1.54, 1.807) is 7.05 Å². The molecule has 1 unspecified atom stereocenters. The van der Waals surface area contributed by atoms with Crippen molar-refractivity contribution in [3.63, 3.8) is 0 Å². The first kappa shape index (κ1) is 15.6. The largest absolute Gasteiger partial charge is 0.547 e. The van der Waals surface area contributed by atoms with E-state index in [9.17, 15) is 30.0 Å². The number of rotatable bonds is 3. The molecule has 2 aromatic rings. The lowest BCUT2D eigenvalue weighted by Gasteiger charge is -2.20. The second-order valence-electron chi connectivity index (χ2n) is 5.27. The number of carbonyl (C=O) groups excluding carboxylic acids is 1. The van der Waals surface area contributed by atoms with Gasteiger partial charge in [0.05, 0.1) is 13.0 Å². The second kappa shape index (κ2) is 5.38. The molecule has 11 heteroatoms. The van der Waals surface area contributed by atoms with Crippen LogP contribution in [0.25, 0.3) is 11.2 Å². The van der Waals surface area contributed by atoms with Crippen molar-refractivity contribution in [3.05, 3.63) is 23.0 Å². The Bertz CT molecular complexity index is 815. The highest BCUT2D eigenvalue weighted by atomic mass is 16.6. The van der Waals surface area contributed by atoms with Gasteiger partial charge in [-0.05, 0) is 0 Å². The summed E-state index contributed by atoms with van der Waals surface area (Å²) in [5.41, 5.74) is -0.0617. The van der Waals surface area contributed by atoms with Gasteiger partial charge in [0.25, 0.3) is 5.56 Å². The molecule has 124 valence electrons. The standard InChI is InChI=1S/C12H14N4O7/c1-15-3-16(9-4(15)10(20)14-2-13-9)11-6(18)5(17)8(23-11)7(19)12(21)22/h2-3,5-8,11,17-19H,1H3,(H-,13,14,20,21,22)/t5-,6+,7?,8-,11+/m0/s1. The van der Waals surface area contributed by atoms with Gasteiger partial charge in [0.15, 0.2) is 12.7 Å². The van der Waals surface area contributed by atoms with Crippen LogP contribution in [-0.2, 0) is 16.6 Å². The number of ether oxygens (including phenoxy) is 1. The molecule has 5 atom stereocenters. The molecule has 1 aliphatic heterocycles. The van der Waals surface area contributed by atoms with Gasteiger partial charge in [0.1, 0.15) is 24.4 Å². The van der Waals surface area contributed by atoms with Gasteiger partial charge in [-0.1, -0.05) is 4.98 Å². The SMILES string of the molecule is Cn1c[n+]([C@@H]2O[C@H](C(O)C(=O)[O-])[C@@H](O)[C@H]2O)c2nc[nH]c(=O)c21. The Morgan fingerprint density at radius 1 is 1.52 bits per heavy atom. The van der Waals surface area contributed by atoms with Gasteiger partial charge in [0, 0.05) is 0 Å². The molecule has 2 aromatic heterocycles. The first-order valence-corrected chi connectivity index (χ1v) is 6.67. The summed E-state index contributed by atoms with van der Waals surface area (Å²) >= 11 is 0. The molecule has 1 saturated heterocycles. The molecule has 0 aliphatic carbocycles. The lowest BCUT2D eigenvalue weighted by molar-refractivity contribution is -0.746. The van der Waals surface area contributed by atoms with E-state index in [0.717, 1.165) is 6.33 Å². The Labute approximate surface area is 128 Å². The maximum absolute atomic E-state index is 11.8. The number of carbonyl (C=O) groups is 1. The monoisotopic (exact) mass is 326 g/mol. The first-order chi connectivity index (χ1) is 10.8. The summed E-state index contributed by atoms with van der Waals surface area (Å²) in [4.78, 5) is 29.0. The summed E-state index contributed by atoms with van der Waals surface area (Å²) in [6, 6.07) is 0. The number of H-pyrrole nitrogens is 1. The molecular weight excluding hydrogens is 312 g/mol. The van der Waals surface area contributed by atoms with Gasteiger partial charge in [-0.3, -0.25) is 14.3 Å². The minimum atomic E-state index is -2.11. The van der Waals surface area contributed by atoms with E-state index in [-0.39, 0.29) is 11.2 Å². The third kappa shape index (κ3) is 2.30. The van der Waals surface area contributed by atoms with Crippen LogP contribution in [0.2, 0.25) is 0 Å². The van der Waals surface area contributed by atoms with Crippen molar-refractivity contribution in [2.75, 3.05) is 0 Å². The fraction of sp³-hybridized carbons (Fsp3) is 0.500. The number of imidazole rings is 1. The minimum absolute atomic E-state index is 0.163. The fourth-order valence-electron chi connectivity index (χ4n) is 2.69. The number of nitrogens with zero attached hydrogens (tertiary/aromatic N) is 3. The predicted molar refractivity (Wildman–Crippen MR) is 68.5 cm³/mol. The maximum atomic E-state index is 11.8. The maximum Gasteiger partial charge on any atom is 0.311 e. The van der Waals surface area contributed by atoms with E-state index in [0.29, 0.717) is 0 Å². The highest BCUT2D eigenvalue weighted by molar-refractivity contribution is 5.70. The number of hydrogen-bond acceptors (Lipinski definition) is 8. The van der Waals surface area contributed by atoms with E-state index in [1.165, 1.54) is 15.5 Å². The van der Waals surface area contributed by atoms with Gasteiger partial charge in [-0.15, -0.1) is 0 Å². The highest BCUT2D eigenvalue weighted by Gasteiger charge is 2.49. The van der Waals surface area contributed by atoms with Gasteiger partial charge in [-0.25, -0.2) is 4.57 Å². The van der Waals surface area contributed by atoms with E-state index in [4.69, 9.17) is 4.74 Å². The molecule has 0 bridgehead atoms. The summed E-state index contributed by atoms with van der Waals surface area (Å²) in [6.07, 6.45) is -5.56. The molecule has 0 aromatic carbocycles. The molecule has 0 radical (unpaired) electrons. The van der Waals surface area contributed by atoms with Crippen LogP contribution in [0.3, 0.4) is 0 Å². The zero-order chi connectivity index (χ0) is 16.9. The normalized spacial score (nSPS) is 29.0. The quantitative estimate of drug-likeness (QED) is 0.408. The number of aliphatic hydroxyl groups is 3. The van der Waals surface area contributed by atoms with Crippen molar-refractivity contribution in [3.8, 4) is 0 Å². The molecular formula is C12H14N4O7. The van der Waals surface area contributed by atoms with Crippen LogP contribution in [0.15, 0.2) is 17.4 Å². The Balaban J connectivity index is 2.05. The van der Waals surface area contributed by atoms with Gasteiger partial charge >= 0.3 is 5.65 Å². The number of aliphatic hydroxyl groups excluding tert-OH is 3.